The molecule has 38 heavy (non-hydrogen) atoms. The first-order valence-corrected chi connectivity index (χ1v) is 12.6. The monoisotopic (exact) mass is 512 g/mol. The lowest BCUT2D eigenvalue weighted by atomic mass is 9.97. The topological polar surface area (TPSA) is 69.0 Å². The highest BCUT2D eigenvalue weighted by atomic mass is 19.1. The molecule has 0 radical (unpaired) electrons. The molecule has 0 saturated carbocycles. The summed E-state index contributed by atoms with van der Waals surface area (Å²) in [6, 6.07) is 12.2. The van der Waals surface area contributed by atoms with Crippen LogP contribution >= 0.6 is 0 Å². The molecule has 3 heterocycles. The zero-order valence-corrected chi connectivity index (χ0v) is 21.9. The number of carbonyl (C=O) groups excluding carboxylic acids is 1. The number of aryl methyl sites for hydroxylation is 2. The smallest absolute Gasteiger partial charge is 0.298 e. The van der Waals surface area contributed by atoms with E-state index in [1.807, 2.05) is 37.1 Å². The highest BCUT2D eigenvalue weighted by Gasteiger charge is 2.29. The predicted octanol–water partition coefficient (Wildman–Crippen LogP) is 5.68. The fourth-order valence-electron chi connectivity index (χ4n) is 5.01. The minimum Gasteiger partial charge on any atom is -0.494 e. The van der Waals surface area contributed by atoms with Gasteiger partial charge in [-0.25, -0.2) is 4.98 Å². The Morgan fingerprint density at radius 3 is 2.63 bits per heavy atom. The lowest BCUT2D eigenvalue weighted by molar-refractivity contribution is -0.126. The number of piperidine rings is 1. The van der Waals surface area contributed by atoms with Crippen molar-refractivity contribution < 1.29 is 18.7 Å². The molecule has 0 bridgehead atoms. The number of imidazole rings is 1. The molecule has 1 fully saturated rings. The van der Waals surface area contributed by atoms with Crippen LogP contribution in [0, 0.1) is 31.5 Å². The van der Waals surface area contributed by atoms with Crippen molar-refractivity contribution in [3.63, 3.8) is 0 Å². The first-order chi connectivity index (χ1) is 18.4. The van der Waals surface area contributed by atoms with Gasteiger partial charge in [0.25, 0.3) is 5.91 Å². The van der Waals surface area contributed by atoms with Crippen LogP contribution in [-0.4, -0.2) is 45.4 Å². The lowest BCUT2D eigenvalue weighted by Gasteiger charge is -2.31. The first kappa shape index (κ1) is 25.3. The third-order valence-corrected chi connectivity index (χ3v) is 6.85. The van der Waals surface area contributed by atoms with E-state index in [-0.39, 0.29) is 23.3 Å². The number of fused-ring (bicyclic) bond motifs is 1. The summed E-state index contributed by atoms with van der Waals surface area (Å²) in [5, 5.41) is 0. The molecule has 194 valence electrons. The van der Waals surface area contributed by atoms with Gasteiger partial charge in [-0.3, -0.25) is 14.2 Å². The van der Waals surface area contributed by atoms with Crippen LogP contribution < -0.4 is 9.47 Å². The Morgan fingerprint density at radius 1 is 1.13 bits per heavy atom. The maximum atomic E-state index is 14.6. The number of likely N-dealkylation sites (tertiary alicyclic amines) is 1. The second kappa shape index (κ2) is 10.5. The van der Waals surface area contributed by atoms with Crippen LogP contribution in [0.5, 0.6) is 17.2 Å². The number of aromatic nitrogens is 3. The van der Waals surface area contributed by atoms with Crippen LogP contribution in [0.2, 0.25) is 0 Å². The van der Waals surface area contributed by atoms with E-state index in [1.165, 1.54) is 7.11 Å². The van der Waals surface area contributed by atoms with Crippen LogP contribution in [-0.2, 0) is 4.79 Å². The molecule has 0 spiro atoms. The fourth-order valence-corrected chi connectivity index (χ4v) is 5.01. The first-order valence-electron chi connectivity index (χ1n) is 12.6. The van der Waals surface area contributed by atoms with E-state index < -0.39 is 5.82 Å². The molecule has 0 N–H and O–H groups in total. The Kier molecular flexibility index (Phi) is 7.01. The molecule has 1 amide bonds. The molecule has 2 aromatic carbocycles. The summed E-state index contributed by atoms with van der Waals surface area (Å²) in [4.78, 5) is 24.0. The number of nitrogens with zero attached hydrogens (tertiary/aromatic N) is 4. The van der Waals surface area contributed by atoms with Gasteiger partial charge >= 0.3 is 0 Å². The van der Waals surface area contributed by atoms with Crippen molar-refractivity contribution in [1.29, 1.82) is 0 Å². The summed E-state index contributed by atoms with van der Waals surface area (Å²) in [6.07, 6.45) is 3.68. The number of rotatable bonds is 5. The second-order valence-electron chi connectivity index (χ2n) is 9.35. The summed E-state index contributed by atoms with van der Waals surface area (Å²) in [6.45, 7) is 6.94. The van der Waals surface area contributed by atoms with Crippen LogP contribution in [0.3, 0.4) is 0 Å². The van der Waals surface area contributed by atoms with Crippen molar-refractivity contribution in [2.45, 2.75) is 39.5 Å². The van der Waals surface area contributed by atoms with E-state index in [2.05, 4.69) is 21.2 Å². The molecule has 7 nitrogen and oxygen atoms in total. The van der Waals surface area contributed by atoms with Gasteiger partial charge in [-0.2, -0.15) is 4.39 Å². The Morgan fingerprint density at radius 2 is 1.89 bits per heavy atom. The minimum atomic E-state index is -0.550. The maximum Gasteiger partial charge on any atom is 0.298 e. The number of ether oxygens (including phenoxy) is 2. The number of hydrogen-bond donors (Lipinski definition) is 0. The van der Waals surface area contributed by atoms with Gasteiger partial charge < -0.3 is 14.4 Å². The molecule has 1 unspecified atom stereocenters. The van der Waals surface area contributed by atoms with Gasteiger partial charge in [0, 0.05) is 36.5 Å². The Hall–Kier alpha value is -4.38. The van der Waals surface area contributed by atoms with Gasteiger partial charge in [0.05, 0.1) is 24.0 Å². The summed E-state index contributed by atoms with van der Waals surface area (Å²) in [7, 11) is 1.42. The lowest BCUT2D eigenvalue weighted by Crippen LogP contribution is -2.39. The van der Waals surface area contributed by atoms with E-state index in [4.69, 9.17) is 14.5 Å². The number of methoxy groups -OCH3 is 1. The third-order valence-electron chi connectivity index (χ3n) is 6.85. The number of carbonyl (C=O) groups is 1. The van der Waals surface area contributed by atoms with Crippen molar-refractivity contribution in [2.75, 3.05) is 20.2 Å². The SMILES string of the molecule is CC#CC(=O)N1CCCC(c2nc(-c3ccc(Oc4cccc(OC)c4F)cc3)c3c(C)ncc(C)n23)C1. The normalized spacial score (nSPS) is 15.2. The third kappa shape index (κ3) is 4.68. The Bertz CT molecular complexity index is 1570. The van der Waals surface area contributed by atoms with Crippen molar-refractivity contribution in [3.05, 3.63) is 71.7 Å². The van der Waals surface area contributed by atoms with Crippen molar-refractivity contribution in [1.82, 2.24) is 19.3 Å². The van der Waals surface area contributed by atoms with Crippen LogP contribution in [0.15, 0.2) is 48.7 Å². The van der Waals surface area contributed by atoms with Crippen molar-refractivity contribution >= 4 is 11.4 Å². The van der Waals surface area contributed by atoms with Gasteiger partial charge in [0.1, 0.15) is 11.6 Å². The van der Waals surface area contributed by atoms with Crippen LogP contribution in [0.1, 0.15) is 42.9 Å². The predicted molar refractivity (Wildman–Crippen MR) is 143 cm³/mol. The Balaban J connectivity index is 1.51. The van der Waals surface area contributed by atoms with E-state index in [1.54, 1.807) is 37.3 Å². The summed E-state index contributed by atoms with van der Waals surface area (Å²) >= 11 is 0. The van der Waals surface area contributed by atoms with Gasteiger partial charge in [0.15, 0.2) is 11.5 Å². The van der Waals surface area contributed by atoms with E-state index in [9.17, 15) is 9.18 Å². The van der Waals surface area contributed by atoms with Gasteiger partial charge in [-0.1, -0.05) is 12.0 Å². The zero-order chi connectivity index (χ0) is 26.8. The van der Waals surface area contributed by atoms with Gasteiger partial charge in [-0.15, -0.1) is 0 Å². The van der Waals surface area contributed by atoms with Crippen LogP contribution in [0.25, 0.3) is 16.8 Å². The molecule has 2 aromatic heterocycles. The molecule has 1 aliphatic heterocycles. The molecular formula is C30H29FN4O3. The fraction of sp³-hybridized carbons (Fsp3) is 0.300. The molecular weight excluding hydrogens is 483 g/mol. The minimum absolute atomic E-state index is 0.0757. The molecule has 1 saturated heterocycles. The standard InChI is InChI=1S/C30H29FN4O3/c1-5-8-26(36)34-16-7-9-22(18-34)30-33-28(29-20(3)32-17-19(2)35(29)30)21-12-14-23(15-13-21)38-25-11-6-10-24(37-4)27(25)31/h6,10-15,17,22H,7,9,16,18H2,1-4H3. The molecule has 1 atom stereocenters. The summed E-state index contributed by atoms with van der Waals surface area (Å²) < 4.78 is 27.6. The number of amides is 1. The van der Waals surface area contributed by atoms with E-state index in [0.29, 0.717) is 18.8 Å². The quantitative estimate of drug-likeness (QED) is 0.322. The summed E-state index contributed by atoms with van der Waals surface area (Å²) in [5.41, 5.74) is 4.48. The largest absolute Gasteiger partial charge is 0.494 e. The second-order valence-corrected chi connectivity index (χ2v) is 9.35. The van der Waals surface area contributed by atoms with Gasteiger partial charge in [-0.05, 0) is 75.9 Å². The van der Waals surface area contributed by atoms with Crippen molar-refractivity contribution in [2.24, 2.45) is 0 Å². The van der Waals surface area contributed by atoms with E-state index in [0.717, 1.165) is 46.8 Å². The van der Waals surface area contributed by atoms with Crippen LogP contribution in [0.4, 0.5) is 4.39 Å². The zero-order valence-electron chi connectivity index (χ0n) is 21.9. The molecule has 8 heteroatoms. The number of hydrogen-bond acceptors (Lipinski definition) is 5. The number of benzene rings is 2. The molecule has 4 aromatic rings. The molecule has 0 aliphatic carbocycles. The highest BCUT2D eigenvalue weighted by Crippen LogP contribution is 2.36. The number of halogens is 1. The average molecular weight is 513 g/mol. The molecule has 1 aliphatic rings. The molecule has 5 rings (SSSR count). The highest BCUT2D eigenvalue weighted by molar-refractivity contribution is 5.93. The maximum absolute atomic E-state index is 14.6. The Labute approximate surface area is 221 Å². The average Bonchev–Trinajstić information content (AvgIpc) is 3.35. The van der Waals surface area contributed by atoms with Gasteiger partial charge in [0.2, 0.25) is 5.82 Å². The van der Waals surface area contributed by atoms with E-state index >= 15 is 0 Å². The van der Waals surface area contributed by atoms with Crippen molar-refractivity contribution in [3.8, 4) is 40.3 Å². The summed E-state index contributed by atoms with van der Waals surface area (Å²) in [5.74, 6) is 6.38.